The number of benzene rings is 1. The molecule has 0 saturated heterocycles. The third-order valence-electron chi connectivity index (χ3n) is 8.44. The monoisotopic (exact) mass is 736 g/mol. The SMILES string of the molecule is C[Si](C)(C)C(c1cc(C([Si](C)(C)C)[Si](C)(C)C)[c]([Sn]2=[CH]C=CC=[CH]2)c(C([Si](C)(C)C)[Si](C)(C)C)c1)[Si](C)(C)C. The van der Waals surface area contributed by atoms with Crippen LogP contribution in [0.1, 0.15) is 32.2 Å². The van der Waals surface area contributed by atoms with Gasteiger partial charge in [-0.1, -0.05) is 0 Å². The summed E-state index contributed by atoms with van der Waals surface area (Å²) < 4.78 is 7.34. The van der Waals surface area contributed by atoms with Gasteiger partial charge in [0.05, 0.1) is 0 Å². The molecule has 1 aliphatic heterocycles. The molecular weight excluding hydrogens is 672 g/mol. The molecule has 0 radical (unpaired) electrons. The number of hydrogen-bond acceptors (Lipinski definition) is 0. The van der Waals surface area contributed by atoms with Gasteiger partial charge >= 0.3 is 260 Å². The third-order valence-corrected chi connectivity index (χ3v) is 42.8. The summed E-state index contributed by atoms with van der Waals surface area (Å²) in [6, 6.07) is 5.78. The number of rotatable bonds is 10. The van der Waals surface area contributed by atoms with Crippen LogP contribution in [-0.4, -0.2) is 71.7 Å². The summed E-state index contributed by atoms with van der Waals surface area (Å²) in [6.45, 7) is 48.2. The number of hydrogen-bond donors (Lipinski definition) is 0. The summed E-state index contributed by atoms with van der Waals surface area (Å²) in [7, 11) is -8.75. The Morgan fingerprint density at radius 3 is 1.03 bits per heavy atom. The maximum atomic E-state index is 2.89. The zero-order valence-electron chi connectivity index (χ0n) is 29.3. The van der Waals surface area contributed by atoms with Gasteiger partial charge in [-0.3, -0.25) is 0 Å². The Morgan fingerprint density at radius 2 is 0.769 bits per heavy atom. The van der Waals surface area contributed by atoms with Crippen LogP contribution >= 0.6 is 0 Å². The average Bonchev–Trinajstić information content (AvgIpc) is 2.61. The van der Waals surface area contributed by atoms with Gasteiger partial charge in [0.15, 0.2) is 0 Å². The van der Waals surface area contributed by atoms with Crippen LogP contribution in [0.4, 0.5) is 0 Å². The van der Waals surface area contributed by atoms with Crippen molar-refractivity contribution in [3.8, 4) is 0 Å². The van der Waals surface area contributed by atoms with Gasteiger partial charge < -0.3 is 0 Å². The summed E-state index contributed by atoms with van der Waals surface area (Å²) in [5, 5.41) is 2.39. The summed E-state index contributed by atoms with van der Waals surface area (Å²) in [5.74, 6) is 0. The van der Waals surface area contributed by atoms with Crippen LogP contribution < -0.4 is 3.58 Å². The molecule has 1 aromatic carbocycles. The van der Waals surface area contributed by atoms with E-state index < -0.39 is 67.7 Å². The molecule has 0 spiro atoms. The van der Waals surface area contributed by atoms with E-state index in [1.54, 1.807) is 5.56 Å². The van der Waals surface area contributed by atoms with E-state index in [-0.39, 0.29) is 0 Å². The molecule has 0 aromatic heterocycles. The Hall–Kier alpha value is 0.670. The van der Waals surface area contributed by atoms with Crippen LogP contribution in [0.25, 0.3) is 0 Å². The van der Waals surface area contributed by atoms with E-state index >= 15 is 0 Å². The zero-order chi connectivity index (χ0) is 30.6. The Kier molecular flexibility index (Phi) is 11.0. The second-order valence-electron chi connectivity index (χ2n) is 18.9. The Labute approximate surface area is 257 Å². The molecule has 0 amide bonds. The molecule has 0 nitrogen and oxygen atoms in total. The van der Waals surface area contributed by atoms with Crippen molar-refractivity contribution >= 4 is 75.3 Å². The quantitative estimate of drug-likeness (QED) is 0.210. The fourth-order valence-corrected chi connectivity index (χ4v) is 55.1. The van der Waals surface area contributed by atoms with Crippen LogP contribution in [0.5, 0.6) is 0 Å². The van der Waals surface area contributed by atoms with Crippen LogP contribution in [0.3, 0.4) is 0 Å². The first-order chi connectivity index (χ1) is 17.2. The van der Waals surface area contributed by atoms with Crippen molar-refractivity contribution in [3.63, 3.8) is 0 Å². The van der Waals surface area contributed by atoms with Crippen molar-refractivity contribution in [2.75, 3.05) is 0 Å². The minimum absolute atomic E-state index is 0.795. The zero-order valence-corrected chi connectivity index (χ0v) is 38.1. The summed E-state index contributed by atoms with van der Waals surface area (Å²) in [6.07, 6.45) is 7.08. The maximum absolute atomic E-state index is 2.89. The Morgan fingerprint density at radius 1 is 0.436 bits per heavy atom. The Balaban J connectivity index is 3.33. The summed E-state index contributed by atoms with van der Waals surface area (Å²) >= 11 is -2.12. The second kappa shape index (κ2) is 12.0. The predicted octanol–water partition coefficient (Wildman–Crippen LogP) is 9.95. The van der Waals surface area contributed by atoms with Gasteiger partial charge in [-0.15, -0.1) is 0 Å². The summed E-state index contributed by atoms with van der Waals surface area (Å²) in [4.78, 5) is 0. The fourth-order valence-electron chi connectivity index (χ4n) is 9.04. The molecular formula is C32H64Si6Sn. The van der Waals surface area contributed by atoms with Gasteiger partial charge in [0.25, 0.3) is 0 Å². The normalized spacial score (nSPS) is 16.1. The van der Waals surface area contributed by atoms with E-state index in [1.165, 1.54) is 0 Å². The van der Waals surface area contributed by atoms with Gasteiger partial charge in [0.2, 0.25) is 0 Å². The predicted molar refractivity (Wildman–Crippen MR) is 204 cm³/mol. The number of allylic oxidation sites excluding steroid dienone is 3. The van der Waals surface area contributed by atoms with Gasteiger partial charge in [-0.05, 0) is 0 Å². The molecule has 0 atom stereocenters. The van der Waals surface area contributed by atoms with Crippen LogP contribution in [-0.2, 0) is 0 Å². The van der Waals surface area contributed by atoms with E-state index in [1.807, 2.05) is 14.7 Å². The van der Waals surface area contributed by atoms with Crippen molar-refractivity contribution in [2.24, 2.45) is 0 Å². The topological polar surface area (TPSA) is 0 Å². The molecule has 220 valence electrons. The van der Waals surface area contributed by atoms with Gasteiger partial charge in [-0.2, -0.15) is 0 Å². The molecule has 7 heteroatoms. The molecule has 0 aliphatic carbocycles. The standard InChI is InChI=1S/C27H59Si6.C5H5.Sn/c1-28(2,3)25(29(4,5)6)22-19-23(26(30(7,8)9)31(10,11)12)21-24(20-22)27(32(13,14)15)33(16,17)18;1-3-5-4-2;/h19-20,25-27H,1-18H3;1-5H;. The van der Waals surface area contributed by atoms with Crippen LogP contribution in [0.15, 0.2) is 34.5 Å². The minimum atomic E-state index is -2.12. The third kappa shape index (κ3) is 8.85. The van der Waals surface area contributed by atoms with E-state index in [0.717, 1.165) is 15.5 Å². The summed E-state index contributed by atoms with van der Waals surface area (Å²) in [5.41, 5.74) is 5.51. The van der Waals surface area contributed by atoms with E-state index in [0.29, 0.717) is 0 Å². The van der Waals surface area contributed by atoms with Gasteiger partial charge in [0.1, 0.15) is 0 Å². The molecule has 39 heavy (non-hydrogen) atoms. The first kappa shape index (κ1) is 35.9. The molecule has 1 heterocycles. The van der Waals surface area contributed by atoms with Crippen LogP contribution in [0.2, 0.25) is 118 Å². The molecule has 1 aromatic rings. The first-order valence-electron chi connectivity index (χ1n) is 15.4. The van der Waals surface area contributed by atoms with Crippen molar-refractivity contribution in [3.05, 3.63) is 51.1 Å². The fraction of sp³-hybridized carbons (Fsp3) is 0.656. The first-order valence-corrected chi connectivity index (χ1v) is 41.6. The van der Waals surface area contributed by atoms with Crippen molar-refractivity contribution in [2.45, 2.75) is 133 Å². The molecule has 0 fully saturated rings. The van der Waals surface area contributed by atoms with Crippen LogP contribution in [0, 0.1) is 0 Å². The van der Waals surface area contributed by atoms with E-state index in [9.17, 15) is 0 Å². The van der Waals surface area contributed by atoms with E-state index in [2.05, 4.69) is 156 Å². The van der Waals surface area contributed by atoms with Gasteiger partial charge in [0, 0.05) is 0 Å². The molecule has 0 bridgehead atoms. The molecule has 0 unspecified atom stereocenters. The van der Waals surface area contributed by atoms with Gasteiger partial charge in [-0.25, -0.2) is 0 Å². The van der Waals surface area contributed by atoms with Crippen molar-refractivity contribution < 1.29 is 0 Å². The molecule has 2 rings (SSSR count). The second-order valence-corrected chi connectivity index (χ2v) is 58.5. The molecule has 0 N–H and O–H groups in total. The van der Waals surface area contributed by atoms with E-state index in [4.69, 9.17) is 0 Å². The Bertz CT molecular complexity index is 1030. The van der Waals surface area contributed by atoms with Crippen molar-refractivity contribution in [1.82, 2.24) is 0 Å². The average molecular weight is 736 g/mol. The molecule has 1 aliphatic rings. The molecule has 0 saturated carbocycles. The van der Waals surface area contributed by atoms with Crippen molar-refractivity contribution in [1.29, 1.82) is 0 Å².